The number of piperidine rings is 1. The van der Waals surface area contributed by atoms with Gasteiger partial charge in [-0.1, -0.05) is 19.3 Å². The van der Waals surface area contributed by atoms with Gasteiger partial charge in [0.25, 0.3) is 0 Å². The molecule has 1 aromatic rings. The molecule has 0 aromatic carbocycles. The molecule has 1 aliphatic carbocycles. The van der Waals surface area contributed by atoms with Crippen LogP contribution in [0.15, 0.2) is 6.20 Å². The molecule has 2 aliphatic rings. The summed E-state index contributed by atoms with van der Waals surface area (Å²) < 4.78 is 40.5. The Morgan fingerprint density at radius 1 is 1.21 bits per heavy atom. The van der Waals surface area contributed by atoms with Crippen LogP contribution >= 0.6 is 0 Å². The summed E-state index contributed by atoms with van der Waals surface area (Å²) in [6.45, 7) is 1.14. The van der Waals surface area contributed by atoms with Gasteiger partial charge >= 0.3 is 6.18 Å². The van der Waals surface area contributed by atoms with Crippen molar-refractivity contribution in [3.05, 3.63) is 17.5 Å². The minimum atomic E-state index is -4.54. The highest BCUT2D eigenvalue weighted by Gasteiger charge is 2.54. The molecule has 0 spiro atoms. The van der Waals surface area contributed by atoms with E-state index in [1.54, 1.807) is 0 Å². The van der Waals surface area contributed by atoms with Gasteiger partial charge in [-0.3, -0.25) is 9.58 Å². The van der Waals surface area contributed by atoms with Gasteiger partial charge in [-0.05, 0) is 25.7 Å². The SMILES string of the molecule is Cn1cc(CN2CCC(O)(C(F)(F)F)CC2)c(C2CCCCC2)n1. The van der Waals surface area contributed by atoms with E-state index in [1.807, 2.05) is 22.8 Å². The fourth-order valence-corrected chi connectivity index (χ4v) is 4.00. The van der Waals surface area contributed by atoms with Crippen LogP contribution in [0.3, 0.4) is 0 Å². The second kappa shape index (κ2) is 6.67. The second-order valence-corrected chi connectivity index (χ2v) is 7.35. The molecule has 1 aliphatic heterocycles. The predicted molar refractivity (Wildman–Crippen MR) is 84.5 cm³/mol. The maximum Gasteiger partial charge on any atom is 0.417 e. The molecule has 0 atom stereocenters. The highest BCUT2D eigenvalue weighted by molar-refractivity contribution is 5.22. The monoisotopic (exact) mass is 345 g/mol. The zero-order valence-corrected chi connectivity index (χ0v) is 14.1. The Labute approximate surface area is 140 Å². The van der Waals surface area contributed by atoms with Crippen LogP contribution in [0.25, 0.3) is 0 Å². The molecule has 4 nitrogen and oxygen atoms in total. The fraction of sp³-hybridized carbons (Fsp3) is 0.824. The van der Waals surface area contributed by atoms with Crippen molar-refractivity contribution >= 4 is 0 Å². The van der Waals surface area contributed by atoms with Crippen molar-refractivity contribution in [2.45, 2.75) is 69.2 Å². The minimum absolute atomic E-state index is 0.254. The van der Waals surface area contributed by atoms with Crippen molar-refractivity contribution in [1.29, 1.82) is 0 Å². The molecule has 3 rings (SSSR count). The number of aliphatic hydroxyl groups is 1. The number of hydrogen-bond acceptors (Lipinski definition) is 3. The number of aromatic nitrogens is 2. The highest BCUT2D eigenvalue weighted by atomic mass is 19.4. The number of rotatable bonds is 3. The maximum absolute atomic E-state index is 12.9. The van der Waals surface area contributed by atoms with Gasteiger partial charge in [0.2, 0.25) is 0 Å². The van der Waals surface area contributed by atoms with Crippen molar-refractivity contribution in [1.82, 2.24) is 14.7 Å². The summed E-state index contributed by atoms with van der Waals surface area (Å²) >= 11 is 0. The van der Waals surface area contributed by atoms with Crippen LogP contribution in [-0.2, 0) is 13.6 Å². The van der Waals surface area contributed by atoms with Gasteiger partial charge in [-0.2, -0.15) is 18.3 Å². The van der Waals surface area contributed by atoms with E-state index in [-0.39, 0.29) is 25.9 Å². The largest absolute Gasteiger partial charge is 0.417 e. The van der Waals surface area contributed by atoms with Crippen molar-refractivity contribution in [2.75, 3.05) is 13.1 Å². The molecule has 1 saturated heterocycles. The number of hydrogen-bond donors (Lipinski definition) is 1. The zero-order chi connectivity index (χ0) is 17.4. The third kappa shape index (κ3) is 3.61. The average Bonchev–Trinajstić information content (AvgIpc) is 2.90. The topological polar surface area (TPSA) is 41.3 Å². The van der Waals surface area contributed by atoms with Crippen molar-refractivity contribution in [3.63, 3.8) is 0 Å². The van der Waals surface area contributed by atoms with Crippen molar-refractivity contribution in [2.24, 2.45) is 7.05 Å². The number of likely N-dealkylation sites (tertiary alicyclic amines) is 1. The van der Waals surface area contributed by atoms with E-state index in [4.69, 9.17) is 0 Å². The molecule has 1 aromatic heterocycles. The van der Waals surface area contributed by atoms with Gasteiger partial charge < -0.3 is 5.11 Å². The highest BCUT2D eigenvalue weighted by Crippen LogP contribution is 2.39. The smallest absolute Gasteiger partial charge is 0.380 e. The first kappa shape index (κ1) is 17.7. The fourth-order valence-electron chi connectivity index (χ4n) is 4.00. The van der Waals surface area contributed by atoms with Gasteiger partial charge in [0.1, 0.15) is 0 Å². The number of halogens is 3. The molecular formula is C17H26F3N3O. The minimum Gasteiger partial charge on any atom is -0.380 e. The third-order valence-corrected chi connectivity index (χ3v) is 5.53. The van der Waals surface area contributed by atoms with Gasteiger partial charge in [0.15, 0.2) is 5.60 Å². The molecule has 2 heterocycles. The number of nitrogens with zero attached hydrogens (tertiary/aromatic N) is 3. The van der Waals surface area contributed by atoms with Crippen molar-refractivity contribution < 1.29 is 18.3 Å². The van der Waals surface area contributed by atoms with Crippen LogP contribution in [-0.4, -0.2) is 44.7 Å². The van der Waals surface area contributed by atoms with E-state index in [1.165, 1.54) is 19.3 Å². The van der Waals surface area contributed by atoms with Crippen LogP contribution in [0.1, 0.15) is 62.1 Å². The lowest BCUT2D eigenvalue weighted by molar-refractivity contribution is -0.272. The van der Waals surface area contributed by atoms with Gasteiger partial charge in [0.05, 0.1) is 5.69 Å². The molecular weight excluding hydrogens is 319 g/mol. The Morgan fingerprint density at radius 3 is 2.42 bits per heavy atom. The molecule has 1 saturated carbocycles. The number of aryl methyl sites for hydroxylation is 1. The zero-order valence-electron chi connectivity index (χ0n) is 14.1. The quantitative estimate of drug-likeness (QED) is 0.913. The lowest BCUT2D eigenvalue weighted by Crippen LogP contribution is -2.53. The molecule has 2 fully saturated rings. The summed E-state index contributed by atoms with van der Waals surface area (Å²) in [4.78, 5) is 2.00. The molecule has 136 valence electrons. The Kier molecular flexibility index (Phi) is 4.93. The summed E-state index contributed by atoms with van der Waals surface area (Å²) in [6, 6.07) is 0. The summed E-state index contributed by atoms with van der Waals surface area (Å²) in [6.07, 6.45) is 2.97. The molecule has 0 bridgehead atoms. The van der Waals surface area contributed by atoms with E-state index in [2.05, 4.69) is 5.10 Å². The Bertz CT molecular complexity index is 556. The lowest BCUT2D eigenvalue weighted by atomic mass is 9.85. The van der Waals surface area contributed by atoms with E-state index in [9.17, 15) is 18.3 Å². The van der Waals surface area contributed by atoms with Gasteiger partial charge in [0, 0.05) is 44.4 Å². The normalized spacial score (nSPS) is 23.5. The van der Waals surface area contributed by atoms with Crippen molar-refractivity contribution in [3.8, 4) is 0 Å². The summed E-state index contributed by atoms with van der Waals surface area (Å²) in [5, 5.41) is 14.4. The van der Waals surface area contributed by atoms with Crippen LogP contribution in [0.2, 0.25) is 0 Å². The molecule has 7 heteroatoms. The standard InChI is InChI=1S/C17H26F3N3O/c1-22-11-14(15(21-22)13-5-3-2-4-6-13)12-23-9-7-16(24,8-10-23)17(18,19)20/h11,13,24H,2-10,12H2,1H3. The Morgan fingerprint density at radius 2 is 1.83 bits per heavy atom. The Balaban J connectivity index is 1.65. The van der Waals surface area contributed by atoms with E-state index in [0.717, 1.165) is 24.1 Å². The number of alkyl halides is 3. The summed E-state index contributed by atoms with van der Waals surface area (Å²) in [5.74, 6) is 0.479. The van der Waals surface area contributed by atoms with Crippen LogP contribution in [0.4, 0.5) is 13.2 Å². The van der Waals surface area contributed by atoms with E-state index < -0.39 is 11.8 Å². The van der Waals surface area contributed by atoms with Gasteiger partial charge in [-0.25, -0.2) is 0 Å². The first-order valence-corrected chi connectivity index (χ1v) is 8.82. The van der Waals surface area contributed by atoms with Crippen LogP contribution < -0.4 is 0 Å². The maximum atomic E-state index is 12.9. The molecule has 0 radical (unpaired) electrons. The second-order valence-electron chi connectivity index (χ2n) is 7.35. The lowest BCUT2D eigenvalue weighted by Gasteiger charge is -2.39. The molecule has 0 unspecified atom stereocenters. The van der Waals surface area contributed by atoms with Crippen LogP contribution in [0, 0.1) is 0 Å². The first-order valence-electron chi connectivity index (χ1n) is 8.82. The summed E-state index contributed by atoms with van der Waals surface area (Å²) in [5.41, 5.74) is -0.277. The molecule has 24 heavy (non-hydrogen) atoms. The average molecular weight is 345 g/mol. The molecule has 0 amide bonds. The molecule has 1 N–H and O–H groups in total. The van der Waals surface area contributed by atoms with Gasteiger partial charge in [-0.15, -0.1) is 0 Å². The third-order valence-electron chi connectivity index (χ3n) is 5.53. The van der Waals surface area contributed by atoms with E-state index in [0.29, 0.717) is 12.5 Å². The predicted octanol–water partition coefficient (Wildman–Crippen LogP) is 3.36. The first-order chi connectivity index (χ1) is 11.3. The summed E-state index contributed by atoms with van der Waals surface area (Å²) in [7, 11) is 1.90. The Hall–Kier alpha value is -1.08. The van der Waals surface area contributed by atoms with Crippen LogP contribution in [0.5, 0.6) is 0 Å². The van der Waals surface area contributed by atoms with E-state index >= 15 is 0 Å².